The van der Waals surface area contributed by atoms with Crippen molar-refractivity contribution in [3.63, 3.8) is 0 Å². The largest absolute Gasteiger partial charge is 0.487 e. The van der Waals surface area contributed by atoms with Crippen LogP contribution in [0.3, 0.4) is 0 Å². The van der Waals surface area contributed by atoms with E-state index in [2.05, 4.69) is 15.9 Å². The smallest absolute Gasteiger partial charge is 0.313 e. The molecule has 0 bridgehead atoms. The molecule has 0 radical (unpaired) electrons. The minimum atomic E-state index is -0.893. The van der Waals surface area contributed by atoms with Gasteiger partial charge in [-0.05, 0) is 47.3 Å². The van der Waals surface area contributed by atoms with Gasteiger partial charge >= 0.3 is 5.97 Å². The monoisotopic (exact) mass is 344 g/mol. The summed E-state index contributed by atoms with van der Waals surface area (Å²) in [5, 5.41) is 9.30. The molecule has 0 unspecified atom stereocenters. The van der Waals surface area contributed by atoms with Crippen LogP contribution in [0.25, 0.3) is 0 Å². The average Bonchev–Trinajstić information content (AvgIpc) is 3.18. The molecule has 0 amide bonds. The first-order valence-corrected chi connectivity index (χ1v) is 7.08. The van der Waals surface area contributed by atoms with Crippen LogP contribution in [0.2, 0.25) is 0 Å². The highest BCUT2D eigenvalue weighted by Gasteiger charge is 2.57. The SMILES string of the molecule is CC[C@H](Oc1c(Br)cc(F)cc1C=O)C1(C(=O)O)CC1. The first kappa shape index (κ1) is 15.0. The van der Waals surface area contributed by atoms with Crippen molar-refractivity contribution in [2.24, 2.45) is 5.41 Å². The van der Waals surface area contributed by atoms with Crippen LogP contribution in [0.5, 0.6) is 5.75 Å². The summed E-state index contributed by atoms with van der Waals surface area (Å²) in [7, 11) is 0. The average molecular weight is 345 g/mol. The lowest BCUT2D eigenvalue weighted by atomic mass is 9.97. The summed E-state index contributed by atoms with van der Waals surface area (Å²) >= 11 is 3.15. The van der Waals surface area contributed by atoms with Crippen molar-refractivity contribution in [2.75, 3.05) is 0 Å². The van der Waals surface area contributed by atoms with Crippen LogP contribution in [-0.2, 0) is 4.79 Å². The Morgan fingerprint density at radius 2 is 2.25 bits per heavy atom. The second-order valence-corrected chi connectivity index (χ2v) is 5.75. The molecule has 1 saturated carbocycles. The number of halogens is 2. The Labute approximate surface area is 124 Å². The molecule has 1 aliphatic rings. The maximum Gasteiger partial charge on any atom is 0.313 e. The van der Waals surface area contributed by atoms with E-state index < -0.39 is 23.3 Å². The van der Waals surface area contributed by atoms with Gasteiger partial charge in [0.15, 0.2) is 6.29 Å². The maximum atomic E-state index is 13.3. The van der Waals surface area contributed by atoms with Gasteiger partial charge < -0.3 is 9.84 Å². The number of rotatable bonds is 6. The fourth-order valence-corrected chi connectivity index (χ4v) is 2.87. The van der Waals surface area contributed by atoms with E-state index >= 15 is 0 Å². The first-order valence-electron chi connectivity index (χ1n) is 6.29. The van der Waals surface area contributed by atoms with E-state index in [1.807, 2.05) is 6.92 Å². The van der Waals surface area contributed by atoms with Crippen molar-refractivity contribution in [3.8, 4) is 5.75 Å². The number of aliphatic carboxylic acids is 1. The molecule has 0 aliphatic heterocycles. The highest BCUT2D eigenvalue weighted by Crippen LogP contribution is 2.51. The number of hydrogen-bond acceptors (Lipinski definition) is 3. The van der Waals surface area contributed by atoms with E-state index in [4.69, 9.17) is 4.74 Å². The molecule has 1 aromatic carbocycles. The van der Waals surface area contributed by atoms with E-state index in [1.165, 1.54) is 6.07 Å². The minimum Gasteiger partial charge on any atom is -0.487 e. The highest BCUT2D eigenvalue weighted by atomic mass is 79.9. The molecule has 6 heteroatoms. The number of benzene rings is 1. The highest BCUT2D eigenvalue weighted by molar-refractivity contribution is 9.10. The Bertz CT molecular complexity index is 554. The molecule has 1 N–H and O–H groups in total. The van der Waals surface area contributed by atoms with E-state index in [-0.39, 0.29) is 11.3 Å². The third-order valence-electron chi connectivity index (χ3n) is 3.63. The van der Waals surface area contributed by atoms with Crippen LogP contribution in [0.15, 0.2) is 16.6 Å². The zero-order chi connectivity index (χ0) is 14.9. The maximum absolute atomic E-state index is 13.3. The summed E-state index contributed by atoms with van der Waals surface area (Å²) in [5.74, 6) is -1.25. The molecule has 2 rings (SSSR count). The predicted octanol–water partition coefficient (Wildman–Crippen LogP) is 3.42. The number of aldehydes is 1. The third-order valence-corrected chi connectivity index (χ3v) is 4.21. The molecule has 1 fully saturated rings. The summed E-state index contributed by atoms with van der Waals surface area (Å²) < 4.78 is 19.3. The molecular formula is C14H14BrFO4. The minimum absolute atomic E-state index is 0.0662. The van der Waals surface area contributed by atoms with Gasteiger partial charge in [0.05, 0.1) is 10.0 Å². The number of carbonyl (C=O) groups excluding carboxylic acids is 1. The molecule has 108 valence electrons. The lowest BCUT2D eigenvalue weighted by Gasteiger charge is -2.25. The zero-order valence-corrected chi connectivity index (χ0v) is 12.4. The Balaban J connectivity index is 2.33. The van der Waals surface area contributed by atoms with Gasteiger partial charge in [-0.3, -0.25) is 9.59 Å². The van der Waals surface area contributed by atoms with Gasteiger partial charge in [-0.2, -0.15) is 0 Å². The van der Waals surface area contributed by atoms with Gasteiger partial charge in [-0.25, -0.2) is 4.39 Å². The Kier molecular flexibility index (Phi) is 4.13. The van der Waals surface area contributed by atoms with E-state index in [0.717, 1.165) is 6.07 Å². The number of ether oxygens (including phenoxy) is 1. The lowest BCUT2D eigenvalue weighted by molar-refractivity contribution is -0.147. The third kappa shape index (κ3) is 2.57. The van der Waals surface area contributed by atoms with E-state index in [1.54, 1.807) is 0 Å². The number of carbonyl (C=O) groups is 2. The molecule has 0 heterocycles. The Hall–Kier alpha value is -1.43. The Morgan fingerprint density at radius 1 is 1.60 bits per heavy atom. The van der Waals surface area contributed by atoms with Crippen LogP contribution in [0.1, 0.15) is 36.5 Å². The molecular weight excluding hydrogens is 331 g/mol. The van der Waals surface area contributed by atoms with Gasteiger partial charge in [0, 0.05) is 0 Å². The fourth-order valence-electron chi connectivity index (χ4n) is 2.33. The number of carboxylic acid groups (broad SMARTS) is 1. The molecule has 1 atom stereocenters. The van der Waals surface area contributed by atoms with E-state index in [0.29, 0.717) is 30.0 Å². The fraction of sp³-hybridized carbons (Fsp3) is 0.429. The van der Waals surface area contributed by atoms with Crippen LogP contribution in [0, 0.1) is 11.2 Å². The molecule has 0 saturated heterocycles. The van der Waals surface area contributed by atoms with Gasteiger partial charge in [0.2, 0.25) is 0 Å². The van der Waals surface area contributed by atoms with Crippen LogP contribution >= 0.6 is 15.9 Å². The van der Waals surface area contributed by atoms with E-state index in [9.17, 15) is 19.1 Å². The quantitative estimate of drug-likeness (QED) is 0.803. The van der Waals surface area contributed by atoms with Gasteiger partial charge in [-0.15, -0.1) is 0 Å². The molecule has 4 nitrogen and oxygen atoms in total. The molecule has 0 aromatic heterocycles. The molecule has 1 aliphatic carbocycles. The normalized spacial score (nSPS) is 17.4. The zero-order valence-electron chi connectivity index (χ0n) is 10.9. The van der Waals surface area contributed by atoms with Crippen LogP contribution < -0.4 is 4.74 Å². The summed E-state index contributed by atoms with van der Waals surface area (Å²) in [5.41, 5.74) is -0.820. The summed E-state index contributed by atoms with van der Waals surface area (Å²) in [6.07, 6.45) is 1.55. The van der Waals surface area contributed by atoms with Crippen LogP contribution in [-0.4, -0.2) is 23.5 Å². The lowest BCUT2D eigenvalue weighted by Crippen LogP contribution is -2.34. The summed E-state index contributed by atoms with van der Waals surface area (Å²) in [6.45, 7) is 1.83. The predicted molar refractivity (Wildman–Crippen MR) is 73.5 cm³/mol. The second kappa shape index (κ2) is 5.52. The topological polar surface area (TPSA) is 63.6 Å². The van der Waals surface area contributed by atoms with Crippen molar-refractivity contribution < 1.29 is 23.8 Å². The Morgan fingerprint density at radius 3 is 2.70 bits per heavy atom. The van der Waals surface area contributed by atoms with Crippen molar-refractivity contribution in [1.29, 1.82) is 0 Å². The summed E-state index contributed by atoms with van der Waals surface area (Å²) in [6, 6.07) is 2.26. The van der Waals surface area contributed by atoms with Gasteiger partial charge in [0.25, 0.3) is 0 Å². The standard InChI is InChI=1S/C14H14BrFO4/c1-2-11(14(3-4-14)13(18)19)20-12-8(7-17)5-9(16)6-10(12)15/h5-7,11H,2-4H2,1H3,(H,18,19)/t11-/m0/s1. The van der Waals surface area contributed by atoms with Gasteiger partial charge in [0.1, 0.15) is 23.1 Å². The molecule has 1 aromatic rings. The number of hydrogen-bond donors (Lipinski definition) is 1. The number of carboxylic acids is 1. The first-order chi connectivity index (χ1) is 9.44. The second-order valence-electron chi connectivity index (χ2n) is 4.90. The van der Waals surface area contributed by atoms with Crippen molar-refractivity contribution >= 4 is 28.2 Å². The van der Waals surface area contributed by atoms with Crippen LogP contribution in [0.4, 0.5) is 4.39 Å². The van der Waals surface area contributed by atoms with Crippen molar-refractivity contribution in [1.82, 2.24) is 0 Å². The summed E-state index contributed by atoms with van der Waals surface area (Å²) in [4.78, 5) is 22.4. The van der Waals surface area contributed by atoms with Crippen molar-refractivity contribution in [3.05, 3.63) is 28.0 Å². The van der Waals surface area contributed by atoms with Crippen molar-refractivity contribution in [2.45, 2.75) is 32.3 Å². The van der Waals surface area contributed by atoms with Gasteiger partial charge in [-0.1, -0.05) is 6.92 Å². The molecule has 20 heavy (non-hydrogen) atoms. The molecule has 0 spiro atoms.